The molecule has 2 saturated heterocycles. The van der Waals surface area contributed by atoms with Gasteiger partial charge in [0.15, 0.2) is 0 Å². The fraction of sp³-hybridized carbons (Fsp3) is 1.00. The van der Waals surface area contributed by atoms with Gasteiger partial charge in [-0.2, -0.15) is 0 Å². The molecule has 0 aromatic rings. The second-order valence-electron chi connectivity index (χ2n) is 6.80. The maximum Gasteiger partial charge on any atom is 0.0197 e. The molecule has 2 aliphatic rings. The molecule has 0 aromatic heterocycles. The Morgan fingerprint density at radius 1 is 1.05 bits per heavy atom. The molecule has 0 aromatic carbocycles. The zero-order chi connectivity index (χ0) is 13.7. The van der Waals surface area contributed by atoms with E-state index in [0.29, 0.717) is 6.04 Å². The summed E-state index contributed by atoms with van der Waals surface area (Å²) in [6, 6.07) is 1.35. The Balaban J connectivity index is 1.70. The van der Waals surface area contributed by atoms with Gasteiger partial charge in [-0.05, 0) is 57.8 Å². The third-order valence-electron chi connectivity index (χ3n) is 4.75. The van der Waals surface area contributed by atoms with Crippen LogP contribution in [0.2, 0.25) is 0 Å². The highest BCUT2D eigenvalue weighted by Gasteiger charge is 2.24. The molecule has 2 fully saturated rings. The number of likely N-dealkylation sites (tertiary alicyclic amines) is 2. The minimum atomic E-state index is 0.623. The van der Waals surface area contributed by atoms with Crippen LogP contribution in [0.25, 0.3) is 0 Å². The molecule has 0 aliphatic carbocycles. The molecule has 1 atom stereocenters. The molecule has 2 heterocycles. The molecule has 0 spiro atoms. The summed E-state index contributed by atoms with van der Waals surface area (Å²) in [5.74, 6) is 0.945. The highest BCUT2D eigenvalue weighted by atomic mass is 15.2. The summed E-state index contributed by atoms with van der Waals surface area (Å²) >= 11 is 0. The minimum absolute atomic E-state index is 0.623. The van der Waals surface area contributed by atoms with Gasteiger partial charge in [0.1, 0.15) is 0 Å². The fourth-order valence-corrected chi connectivity index (χ4v) is 3.68. The largest absolute Gasteiger partial charge is 0.311 e. The van der Waals surface area contributed by atoms with Crippen LogP contribution in [0, 0.1) is 5.92 Å². The average Bonchev–Trinajstić information content (AvgIpc) is 2.39. The van der Waals surface area contributed by atoms with Crippen LogP contribution >= 0.6 is 0 Å². The van der Waals surface area contributed by atoms with Crippen LogP contribution in [0.15, 0.2) is 0 Å². The van der Waals surface area contributed by atoms with Crippen LogP contribution in [0.3, 0.4) is 0 Å². The Bertz CT molecular complexity index is 246. The standard InChI is InChI=1S/C16H33N3/c1-4-18-10-7-15(8-11-18)12-19-9-5-6-16(13-19)17-14(2)3/h14-17H,4-13H2,1-3H3. The van der Waals surface area contributed by atoms with E-state index in [9.17, 15) is 0 Å². The predicted octanol–water partition coefficient (Wildman–Crippen LogP) is 2.18. The average molecular weight is 267 g/mol. The summed E-state index contributed by atoms with van der Waals surface area (Å²) in [6.07, 6.45) is 5.56. The van der Waals surface area contributed by atoms with E-state index in [1.807, 2.05) is 0 Å². The van der Waals surface area contributed by atoms with E-state index < -0.39 is 0 Å². The van der Waals surface area contributed by atoms with Gasteiger partial charge < -0.3 is 15.1 Å². The van der Waals surface area contributed by atoms with E-state index in [1.54, 1.807) is 0 Å². The maximum absolute atomic E-state index is 3.72. The molecule has 0 saturated carbocycles. The number of piperidine rings is 2. The summed E-state index contributed by atoms with van der Waals surface area (Å²) in [5, 5.41) is 3.72. The Hall–Kier alpha value is -0.120. The summed E-state index contributed by atoms with van der Waals surface area (Å²) in [7, 11) is 0. The smallest absolute Gasteiger partial charge is 0.0197 e. The highest BCUT2D eigenvalue weighted by molar-refractivity contribution is 4.82. The van der Waals surface area contributed by atoms with Crippen molar-refractivity contribution in [3.05, 3.63) is 0 Å². The molecule has 2 aliphatic heterocycles. The van der Waals surface area contributed by atoms with Crippen LogP contribution in [-0.2, 0) is 0 Å². The van der Waals surface area contributed by atoms with Gasteiger partial charge in [-0.1, -0.05) is 20.8 Å². The van der Waals surface area contributed by atoms with Crippen LogP contribution in [-0.4, -0.2) is 61.2 Å². The quantitative estimate of drug-likeness (QED) is 0.824. The van der Waals surface area contributed by atoms with E-state index in [0.717, 1.165) is 12.0 Å². The van der Waals surface area contributed by atoms with Crippen LogP contribution in [0.5, 0.6) is 0 Å². The molecule has 1 N–H and O–H groups in total. The third kappa shape index (κ3) is 5.05. The summed E-state index contributed by atoms with van der Waals surface area (Å²) < 4.78 is 0. The minimum Gasteiger partial charge on any atom is -0.311 e. The number of rotatable bonds is 5. The van der Waals surface area contributed by atoms with E-state index in [4.69, 9.17) is 0 Å². The first-order valence-corrected chi connectivity index (χ1v) is 8.38. The summed E-state index contributed by atoms with van der Waals surface area (Å²) in [6.45, 7) is 14.6. The van der Waals surface area contributed by atoms with Gasteiger partial charge >= 0.3 is 0 Å². The monoisotopic (exact) mass is 267 g/mol. The molecule has 0 bridgehead atoms. The number of nitrogens with one attached hydrogen (secondary N) is 1. The van der Waals surface area contributed by atoms with E-state index in [1.165, 1.54) is 65.0 Å². The van der Waals surface area contributed by atoms with Crippen molar-refractivity contribution >= 4 is 0 Å². The summed E-state index contributed by atoms with van der Waals surface area (Å²) in [4.78, 5) is 5.31. The molecule has 3 nitrogen and oxygen atoms in total. The van der Waals surface area contributed by atoms with Crippen molar-refractivity contribution in [1.29, 1.82) is 0 Å². The lowest BCUT2D eigenvalue weighted by molar-refractivity contribution is 0.121. The van der Waals surface area contributed by atoms with Gasteiger partial charge in [0.2, 0.25) is 0 Å². The molecule has 3 heteroatoms. The first-order valence-electron chi connectivity index (χ1n) is 8.38. The highest BCUT2D eigenvalue weighted by Crippen LogP contribution is 2.20. The SMILES string of the molecule is CCN1CCC(CN2CCCC(NC(C)C)C2)CC1. The van der Waals surface area contributed by atoms with Gasteiger partial charge in [0, 0.05) is 25.2 Å². The van der Waals surface area contributed by atoms with Crippen molar-refractivity contribution in [3.63, 3.8) is 0 Å². The van der Waals surface area contributed by atoms with Gasteiger partial charge in [0.25, 0.3) is 0 Å². The normalized spacial score (nSPS) is 28.1. The Kier molecular flexibility index (Phi) is 6.11. The topological polar surface area (TPSA) is 18.5 Å². The molecule has 1 unspecified atom stereocenters. The van der Waals surface area contributed by atoms with Crippen LogP contribution < -0.4 is 5.32 Å². The number of hydrogen-bond acceptors (Lipinski definition) is 3. The van der Waals surface area contributed by atoms with E-state index in [-0.39, 0.29) is 0 Å². The molecule has 0 radical (unpaired) electrons. The predicted molar refractivity (Wildman–Crippen MR) is 82.6 cm³/mol. The molecular formula is C16H33N3. The number of nitrogens with zero attached hydrogens (tertiary/aromatic N) is 2. The summed E-state index contributed by atoms with van der Waals surface area (Å²) in [5.41, 5.74) is 0. The van der Waals surface area contributed by atoms with Gasteiger partial charge in [-0.3, -0.25) is 0 Å². The van der Waals surface area contributed by atoms with E-state index >= 15 is 0 Å². The maximum atomic E-state index is 3.72. The van der Waals surface area contributed by atoms with Crippen molar-refractivity contribution in [3.8, 4) is 0 Å². The van der Waals surface area contributed by atoms with Crippen molar-refractivity contribution in [2.45, 2.75) is 58.5 Å². The lowest BCUT2D eigenvalue weighted by Crippen LogP contribution is -2.49. The lowest BCUT2D eigenvalue weighted by Gasteiger charge is -2.38. The number of hydrogen-bond donors (Lipinski definition) is 1. The Morgan fingerprint density at radius 2 is 1.79 bits per heavy atom. The molecule has 112 valence electrons. The van der Waals surface area contributed by atoms with Crippen molar-refractivity contribution in [1.82, 2.24) is 15.1 Å². The van der Waals surface area contributed by atoms with Gasteiger partial charge in [-0.15, -0.1) is 0 Å². The molecule has 0 amide bonds. The lowest BCUT2D eigenvalue weighted by atomic mass is 9.94. The van der Waals surface area contributed by atoms with Gasteiger partial charge in [0.05, 0.1) is 0 Å². The van der Waals surface area contributed by atoms with E-state index in [2.05, 4.69) is 35.9 Å². The molecular weight excluding hydrogens is 234 g/mol. The zero-order valence-electron chi connectivity index (χ0n) is 13.2. The van der Waals surface area contributed by atoms with Crippen molar-refractivity contribution in [2.24, 2.45) is 5.92 Å². The third-order valence-corrected chi connectivity index (χ3v) is 4.75. The zero-order valence-corrected chi connectivity index (χ0v) is 13.2. The van der Waals surface area contributed by atoms with Crippen molar-refractivity contribution in [2.75, 3.05) is 39.3 Å². The first kappa shape index (κ1) is 15.3. The Morgan fingerprint density at radius 3 is 2.42 bits per heavy atom. The molecule has 19 heavy (non-hydrogen) atoms. The fourth-order valence-electron chi connectivity index (χ4n) is 3.68. The Labute approximate surface area is 119 Å². The van der Waals surface area contributed by atoms with Crippen LogP contribution in [0.4, 0.5) is 0 Å². The van der Waals surface area contributed by atoms with Crippen molar-refractivity contribution < 1.29 is 0 Å². The van der Waals surface area contributed by atoms with Crippen LogP contribution in [0.1, 0.15) is 46.5 Å². The molecule has 2 rings (SSSR count). The second kappa shape index (κ2) is 7.61. The first-order chi connectivity index (χ1) is 9.17. The second-order valence-corrected chi connectivity index (χ2v) is 6.80. The van der Waals surface area contributed by atoms with Gasteiger partial charge in [-0.25, -0.2) is 0 Å².